The first-order valence-electron chi connectivity index (χ1n) is 9.27. The Balaban J connectivity index is 4.24. The van der Waals surface area contributed by atoms with Crippen LogP contribution in [-0.2, 0) is 4.74 Å². The van der Waals surface area contributed by atoms with Gasteiger partial charge in [-0.15, -0.1) is 13.2 Å². The highest BCUT2D eigenvalue weighted by Crippen LogP contribution is 2.28. The van der Waals surface area contributed by atoms with E-state index in [0.29, 0.717) is 11.8 Å². The highest BCUT2D eigenvalue weighted by Gasteiger charge is 2.30. The van der Waals surface area contributed by atoms with Crippen molar-refractivity contribution in [1.82, 2.24) is 0 Å². The van der Waals surface area contributed by atoms with Crippen molar-refractivity contribution in [2.45, 2.75) is 73.1 Å². The molecule has 0 rings (SSSR count). The fourth-order valence-corrected chi connectivity index (χ4v) is 2.57. The summed E-state index contributed by atoms with van der Waals surface area (Å²) < 4.78 is 39.9. The molecule has 0 radical (unpaired) electrons. The van der Waals surface area contributed by atoms with Crippen LogP contribution in [0.3, 0.4) is 0 Å². The molecular formula is C21H35F3O. The minimum Gasteiger partial charge on any atom is -0.406 e. The summed E-state index contributed by atoms with van der Waals surface area (Å²) >= 11 is 0. The van der Waals surface area contributed by atoms with Crippen molar-refractivity contribution >= 4 is 0 Å². The first-order valence-corrected chi connectivity index (χ1v) is 9.27. The Morgan fingerprint density at radius 2 is 1.44 bits per heavy atom. The Kier molecular flexibility index (Phi) is 10.9. The Bertz CT molecular complexity index is 437. The van der Waals surface area contributed by atoms with Gasteiger partial charge in [-0.1, -0.05) is 78.7 Å². The van der Waals surface area contributed by atoms with E-state index >= 15 is 0 Å². The number of alkyl halides is 3. The zero-order valence-corrected chi connectivity index (χ0v) is 16.5. The lowest BCUT2D eigenvalue weighted by Gasteiger charge is -2.23. The molecule has 0 spiro atoms. The monoisotopic (exact) mass is 360 g/mol. The Morgan fingerprint density at radius 1 is 0.920 bits per heavy atom. The molecule has 1 nitrogen and oxygen atoms in total. The van der Waals surface area contributed by atoms with Gasteiger partial charge in [-0.2, -0.15) is 0 Å². The highest BCUT2D eigenvalue weighted by molar-refractivity contribution is 5.23. The summed E-state index contributed by atoms with van der Waals surface area (Å²) in [6.45, 7) is 18.4. The third-order valence-electron chi connectivity index (χ3n) is 5.20. The molecular weight excluding hydrogens is 325 g/mol. The molecule has 4 unspecified atom stereocenters. The van der Waals surface area contributed by atoms with Crippen LogP contribution >= 0.6 is 0 Å². The number of halogens is 3. The molecule has 0 aliphatic carbocycles. The van der Waals surface area contributed by atoms with E-state index in [2.05, 4.69) is 52.5 Å². The van der Waals surface area contributed by atoms with Gasteiger partial charge in [0.05, 0.1) is 0 Å². The maximum Gasteiger partial charge on any atom is 0.573 e. The van der Waals surface area contributed by atoms with E-state index in [-0.39, 0.29) is 5.92 Å². The topological polar surface area (TPSA) is 9.23 Å². The number of ether oxygens (including phenoxy) is 1. The zero-order chi connectivity index (χ0) is 19.6. The summed E-state index contributed by atoms with van der Waals surface area (Å²) in [5, 5.41) is 0. The van der Waals surface area contributed by atoms with Gasteiger partial charge in [0.15, 0.2) is 0 Å². The largest absolute Gasteiger partial charge is 0.573 e. The fourth-order valence-electron chi connectivity index (χ4n) is 2.57. The van der Waals surface area contributed by atoms with Crippen molar-refractivity contribution in [2.24, 2.45) is 23.7 Å². The van der Waals surface area contributed by atoms with Crippen LogP contribution in [0.15, 0.2) is 36.6 Å². The average molecular weight is 361 g/mol. The number of hydrogen-bond donors (Lipinski definition) is 0. The van der Waals surface area contributed by atoms with Gasteiger partial charge >= 0.3 is 6.36 Å². The van der Waals surface area contributed by atoms with Crippen LogP contribution in [0.2, 0.25) is 0 Å². The van der Waals surface area contributed by atoms with Crippen molar-refractivity contribution in [3.63, 3.8) is 0 Å². The van der Waals surface area contributed by atoms with Gasteiger partial charge in [0, 0.05) is 0 Å². The predicted molar refractivity (Wildman–Crippen MR) is 100.0 cm³/mol. The molecule has 0 saturated heterocycles. The standard InChI is InChI=1S/C21H35F3O/c1-8-15(2)9-10-16(3)17(4)11-12-18(5)19(6)13-14-20(7)25-21(22,23)24/h13-18H,6-12H2,1-5H3/b14-13-. The van der Waals surface area contributed by atoms with Crippen LogP contribution in [0.25, 0.3) is 0 Å². The van der Waals surface area contributed by atoms with Crippen molar-refractivity contribution in [3.8, 4) is 0 Å². The normalized spacial score (nSPS) is 17.1. The Morgan fingerprint density at radius 3 is 1.92 bits per heavy atom. The molecule has 0 aromatic carbocycles. The van der Waals surface area contributed by atoms with E-state index in [1.165, 1.54) is 25.3 Å². The highest BCUT2D eigenvalue weighted by atomic mass is 19.4. The third-order valence-corrected chi connectivity index (χ3v) is 5.20. The fraction of sp³-hybridized carbons (Fsp3) is 0.714. The second-order valence-corrected chi connectivity index (χ2v) is 7.45. The van der Waals surface area contributed by atoms with Crippen LogP contribution in [0.4, 0.5) is 13.2 Å². The van der Waals surface area contributed by atoms with Gasteiger partial charge < -0.3 is 4.74 Å². The number of allylic oxidation sites excluding steroid dienone is 3. The van der Waals surface area contributed by atoms with Crippen molar-refractivity contribution in [2.75, 3.05) is 0 Å². The van der Waals surface area contributed by atoms with E-state index in [1.54, 1.807) is 6.08 Å². The van der Waals surface area contributed by atoms with Crippen molar-refractivity contribution in [3.05, 3.63) is 36.6 Å². The van der Waals surface area contributed by atoms with Crippen molar-refractivity contribution < 1.29 is 17.9 Å². The molecule has 0 aliphatic rings. The summed E-state index contributed by atoms with van der Waals surface area (Å²) in [5.74, 6) is 1.90. The van der Waals surface area contributed by atoms with E-state index in [1.807, 2.05) is 0 Å². The van der Waals surface area contributed by atoms with E-state index < -0.39 is 12.1 Å². The SMILES string of the molecule is C=C(/C=C\C(=C)C(C)CCC(C)C(C)CCC(C)CC)OC(F)(F)F. The van der Waals surface area contributed by atoms with Crippen LogP contribution in [-0.4, -0.2) is 6.36 Å². The molecule has 0 fully saturated rings. The molecule has 0 aromatic heterocycles. The molecule has 0 aromatic rings. The molecule has 146 valence electrons. The molecule has 4 atom stereocenters. The molecule has 4 heteroatoms. The van der Waals surface area contributed by atoms with E-state index in [0.717, 1.165) is 24.3 Å². The maximum atomic E-state index is 12.1. The van der Waals surface area contributed by atoms with E-state index in [9.17, 15) is 13.2 Å². The summed E-state index contributed by atoms with van der Waals surface area (Å²) in [7, 11) is 0. The second-order valence-electron chi connectivity index (χ2n) is 7.45. The lowest BCUT2D eigenvalue weighted by molar-refractivity contribution is -0.303. The molecule has 0 saturated carbocycles. The quantitative estimate of drug-likeness (QED) is 0.256. The smallest absolute Gasteiger partial charge is 0.406 e. The van der Waals surface area contributed by atoms with Crippen LogP contribution < -0.4 is 0 Å². The first-order chi connectivity index (χ1) is 11.5. The number of rotatable bonds is 12. The summed E-state index contributed by atoms with van der Waals surface area (Å²) in [4.78, 5) is 0. The molecule has 0 heterocycles. The second kappa shape index (κ2) is 11.4. The lowest BCUT2D eigenvalue weighted by atomic mass is 9.83. The minimum absolute atomic E-state index is 0.221. The third kappa shape index (κ3) is 11.9. The average Bonchev–Trinajstić information content (AvgIpc) is 2.52. The van der Waals surface area contributed by atoms with Gasteiger partial charge in [-0.3, -0.25) is 0 Å². The van der Waals surface area contributed by atoms with Crippen molar-refractivity contribution in [1.29, 1.82) is 0 Å². The van der Waals surface area contributed by atoms with Gasteiger partial charge in [-0.25, -0.2) is 0 Å². The van der Waals surface area contributed by atoms with Crippen LogP contribution in [0.5, 0.6) is 0 Å². The summed E-state index contributed by atoms with van der Waals surface area (Å²) in [5.41, 5.74) is 0.798. The van der Waals surface area contributed by atoms with Gasteiger partial charge in [0.1, 0.15) is 5.76 Å². The molecule has 0 amide bonds. The minimum atomic E-state index is -4.70. The molecule has 0 bridgehead atoms. The predicted octanol–water partition coefficient (Wildman–Crippen LogP) is 7.66. The van der Waals surface area contributed by atoms with Gasteiger partial charge in [0.25, 0.3) is 0 Å². The van der Waals surface area contributed by atoms with E-state index in [4.69, 9.17) is 0 Å². The Hall–Kier alpha value is -1.19. The van der Waals surface area contributed by atoms with Crippen LogP contribution in [0, 0.1) is 23.7 Å². The summed E-state index contributed by atoms with van der Waals surface area (Å²) in [6.07, 6.45) is 3.91. The summed E-state index contributed by atoms with van der Waals surface area (Å²) in [6, 6.07) is 0. The molecule has 0 aliphatic heterocycles. The zero-order valence-electron chi connectivity index (χ0n) is 16.5. The van der Waals surface area contributed by atoms with Crippen LogP contribution in [0.1, 0.15) is 66.7 Å². The lowest BCUT2D eigenvalue weighted by Crippen LogP contribution is -2.12. The van der Waals surface area contributed by atoms with Gasteiger partial charge in [0.2, 0.25) is 0 Å². The molecule has 25 heavy (non-hydrogen) atoms. The Labute approximate surface area is 152 Å². The first kappa shape index (κ1) is 23.8. The maximum absolute atomic E-state index is 12.1. The number of hydrogen-bond acceptors (Lipinski definition) is 1. The van der Waals surface area contributed by atoms with Gasteiger partial charge in [-0.05, 0) is 42.6 Å². The molecule has 0 N–H and O–H groups in total.